The van der Waals surface area contributed by atoms with Gasteiger partial charge >= 0.3 is 6.03 Å². The van der Waals surface area contributed by atoms with Gasteiger partial charge < -0.3 is 15.1 Å². The summed E-state index contributed by atoms with van der Waals surface area (Å²) >= 11 is 0. The molecule has 17 heavy (non-hydrogen) atoms. The summed E-state index contributed by atoms with van der Waals surface area (Å²) in [5, 5.41) is 3.00. The number of urea groups is 1. The molecule has 0 heterocycles. The van der Waals surface area contributed by atoms with Crippen molar-refractivity contribution in [3.8, 4) is 0 Å². The van der Waals surface area contributed by atoms with Gasteiger partial charge in [0.2, 0.25) is 0 Å². The largest absolute Gasteiger partial charge is 0.338 e. The first-order valence-electron chi connectivity index (χ1n) is 6.73. The van der Waals surface area contributed by atoms with Crippen LogP contribution in [0.5, 0.6) is 0 Å². The monoisotopic (exact) mass is 241 g/mol. The summed E-state index contributed by atoms with van der Waals surface area (Å²) in [6.45, 7) is 2.52. The van der Waals surface area contributed by atoms with Crippen LogP contribution in [0.1, 0.15) is 32.1 Å². The molecule has 0 atom stereocenters. The summed E-state index contributed by atoms with van der Waals surface area (Å²) in [6, 6.07) is 0.0600. The third-order valence-electron chi connectivity index (χ3n) is 3.53. The van der Waals surface area contributed by atoms with E-state index in [1.165, 1.54) is 25.7 Å². The molecule has 0 radical (unpaired) electrons. The van der Waals surface area contributed by atoms with Crippen molar-refractivity contribution < 1.29 is 4.79 Å². The lowest BCUT2D eigenvalue weighted by Crippen LogP contribution is -2.41. The third kappa shape index (κ3) is 5.91. The second-order valence-electron chi connectivity index (χ2n) is 5.40. The fraction of sp³-hybridized carbons (Fsp3) is 0.923. The van der Waals surface area contributed by atoms with Crippen molar-refractivity contribution in [1.29, 1.82) is 0 Å². The maximum Gasteiger partial charge on any atom is 0.317 e. The minimum Gasteiger partial charge on any atom is -0.338 e. The van der Waals surface area contributed by atoms with Crippen LogP contribution in [0.3, 0.4) is 0 Å². The van der Waals surface area contributed by atoms with Crippen molar-refractivity contribution >= 4 is 6.03 Å². The van der Waals surface area contributed by atoms with Gasteiger partial charge in [-0.25, -0.2) is 4.79 Å². The van der Waals surface area contributed by atoms with Crippen molar-refractivity contribution in [1.82, 2.24) is 15.1 Å². The number of likely N-dealkylation sites (N-methyl/N-ethyl adjacent to an activating group) is 2. The van der Waals surface area contributed by atoms with E-state index >= 15 is 0 Å². The smallest absolute Gasteiger partial charge is 0.317 e. The minimum atomic E-state index is 0.0600. The predicted molar refractivity (Wildman–Crippen MR) is 71.2 cm³/mol. The molecule has 1 N–H and O–H groups in total. The van der Waals surface area contributed by atoms with E-state index in [2.05, 4.69) is 10.2 Å². The molecule has 0 aromatic rings. The van der Waals surface area contributed by atoms with Crippen LogP contribution in [0.4, 0.5) is 4.79 Å². The van der Waals surface area contributed by atoms with Gasteiger partial charge in [0.25, 0.3) is 0 Å². The molecule has 4 heteroatoms. The van der Waals surface area contributed by atoms with Crippen molar-refractivity contribution in [2.24, 2.45) is 5.92 Å². The van der Waals surface area contributed by atoms with Gasteiger partial charge in [0.15, 0.2) is 0 Å². The second kappa shape index (κ2) is 7.54. The van der Waals surface area contributed by atoms with Crippen molar-refractivity contribution in [3.05, 3.63) is 0 Å². The Kier molecular flexibility index (Phi) is 6.34. The van der Waals surface area contributed by atoms with E-state index in [4.69, 9.17) is 0 Å². The highest BCUT2D eigenvalue weighted by molar-refractivity contribution is 5.73. The Morgan fingerprint density at radius 3 is 2.41 bits per heavy atom. The van der Waals surface area contributed by atoms with E-state index in [0.717, 1.165) is 32.0 Å². The molecule has 0 aromatic heterocycles. The fourth-order valence-electron chi connectivity index (χ4n) is 2.27. The Balaban J connectivity index is 2.06. The highest BCUT2D eigenvalue weighted by atomic mass is 16.2. The van der Waals surface area contributed by atoms with Crippen LogP contribution in [0.25, 0.3) is 0 Å². The number of amides is 2. The minimum absolute atomic E-state index is 0.0600. The van der Waals surface area contributed by atoms with Gasteiger partial charge in [-0.3, -0.25) is 0 Å². The molecule has 0 aliphatic heterocycles. The molecule has 100 valence electrons. The summed E-state index contributed by atoms with van der Waals surface area (Å²) in [7, 11) is 5.89. The average molecular weight is 241 g/mol. The molecule has 1 aliphatic carbocycles. The Bertz CT molecular complexity index is 225. The number of rotatable bonds is 6. The van der Waals surface area contributed by atoms with Crippen molar-refractivity contribution in [2.75, 3.05) is 40.8 Å². The summed E-state index contributed by atoms with van der Waals surface area (Å²) in [5.74, 6) is 0.849. The van der Waals surface area contributed by atoms with Gasteiger partial charge in [-0.2, -0.15) is 0 Å². The first-order chi connectivity index (χ1) is 8.09. The first-order valence-corrected chi connectivity index (χ1v) is 6.73. The highest BCUT2D eigenvalue weighted by Crippen LogP contribution is 2.26. The van der Waals surface area contributed by atoms with Crippen molar-refractivity contribution in [3.63, 3.8) is 0 Å². The maximum atomic E-state index is 11.7. The van der Waals surface area contributed by atoms with Gasteiger partial charge in [0, 0.05) is 26.7 Å². The number of nitrogens with zero attached hydrogens (tertiary/aromatic N) is 2. The molecule has 1 rings (SSSR count). The van der Waals surface area contributed by atoms with Crippen LogP contribution < -0.4 is 5.32 Å². The summed E-state index contributed by atoms with van der Waals surface area (Å²) in [4.78, 5) is 15.6. The van der Waals surface area contributed by atoms with Crippen LogP contribution >= 0.6 is 0 Å². The number of hydrogen-bond acceptors (Lipinski definition) is 2. The molecular weight excluding hydrogens is 214 g/mol. The first kappa shape index (κ1) is 14.3. The van der Waals surface area contributed by atoms with Crippen LogP contribution in [0, 0.1) is 5.92 Å². The molecule has 0 aromatic carbocycles. The Labute approximate surface area is 105 Å². The number of nitrogens with one attached hydrogen (secondary N) is 1. The molecule has 0 bridgehead atoms. The normalized spacial score (nSPS) is 16.5. The molecule has 1 fully saturated rings. The quantitative estimate of drug-likeness (QED) is 0.769. The molecule has 4 nitrogen and oxygen atoms in total. The average Bonchev–Trinajstić information content (AvgIpc) is 2.78. The SMILES string of the molecule is CN(C)CCN(C)C(=O)NCCC1CCCC1. The lowest BCUT2D eigenvalue weighted by Gasteiger charge is -2.20. The molecule has 0 saturated heterocycles. The molecule has 0 spiro atoms. The van der Waals surface area contributed by atoms with Crippen LogP contribution in [-0.4, -0.2) is 56.6 Å². The summed E-state index contributed by atoms with van der Waals surface area (Å²) in [5.41, 5.74) is 0. The van der Waals surface area contributed by atoms with Gasteiger partial charge in [0.05, 0.1) is 0 Å². The fourth-order valence-corrected chi connectivity index (χ4v) is 2.27. The zero-order chi connectivity index (χ0) is 12.7. The third-order valence-corrected chi connectivity index (χ3v) is 3.53. The van der Waals surface area contributed by atoms with E-state index in [0.29, 0.717) is 0 Å². The van der Waals surface area contributed by atoms with Gasteiger partial charge in [-0.1, -0.05) is 25.7 Å². The summed E-state index contributed by atoms with van der Waals surface area (Å²) in [6.07, 6.45) is 6.61. The number of hydrogen-bond donors (Lipinski definition) is 1. The van der Waals surface area contributed by atoms with E-state index in [9.17, 15) is 4.79 Å². The second-order valence-corrected chi connectivity index (χ2v) is 5.40. The molecule has 1 saturated carbocycles. The number of carbonyl (C=O) groups is 1. The Hall–Kier alpha value is -0.770. The summed E-state index contributed by atoms with van der Waals surface area (Å²) < 4.78 is 0. The number of carbonyl (C=O) groups excluding carboxylic acids is 1. The Morgan fingerprint density at radius 2 is 1.82 bits per heavy atom. The van der Waals surface area contributed by atoms with Gasteiger partial charge in [-0.15, -0.1) is 0 Å². The Morgan fingerprint density at radius 1 is 1.18 bits per heavy atom. The topological polar surface area (TPSA) is 35.6 Å². The van der Waals surface area contributed by atoms with Gasteiger partial charge in [-0.05, 0) is 26.4 Å². The molecule has 2 amide bonds. The lowest BCUT2D eigenvalue weighted by molar-refractivity contribution is 0.203. The lowest BCUT2D eigenvalue weighted by atomic mass is 10.0. The van der Waals surface area contributed by atoms with E-state index in [-0.39, 0.29) is 6.03 Å². The molecular formula is C13H27N3O. The van der Waals surface area contributed by atoms with E-state index < -0.39 is 0 Å². The van der Waals surface area contributed by atoms with Gasteiger partial charge in [0.1, 0.15) is 0 Å². The van der Waals surface area contributed by atoms with E-state index in [1.54, 1.807) is 4.90 Å². The van der Waals surface area contributed by atoms with Crippen LogP contribution in [0.15, 0.2) is 0 Å². The standard InChI is InChI=1S/C13H27N3O/c1-15(2)10-11-16(3)13(17)14-9-8-12-6-4-5-7-12/h12H,4-11H2,1-3H3,(H,14,17). The van der Waals surface area contributed by atoms with Crippen molar-refractivity contribution in [2.45, 2.75) is 32.1 Å². The molecule has 0 unspecified atom stereocenters. The highest BCUT2D eigenvalue weighted by Gasteiger charge is 2.15. The molecule has 1 aliphatic rings. The van der Waals surface area contributed by atoms with Crippen LogP contribution in [0.2, 0.25) is 0 Å². The van der Waals surface area contributed by atoms with E-state index in [1.807, 2.05) is 21.1 Å². The maximum absolute atomic E-state index is 11.7. The zero-order valence-electron chi connectivity index (χ0n) is 11.5. The predicted octanol–water partition coefficient (Wildman–Crippen LogP) is 1.77. The van der Waals surface area contributed by atoms with Crippen LogP contribution in [-0.2, 0) is 0 Å². The zero-order valence-corrected chi connectivity index (χ0v) is 11.5.